The number of nitrogens with zero attached hydrogens (tertiary/aromatic N) is 1. The highest BCUT2D eigenvalue weighted by Gasteiger charge is 2.38. The molecule has 1 aliphatic heterocycles. The first kappa shape index (κ1) is 22.0. The number of anilines is 1. The maximum absolute atomic E-state index is 12.6. The number of ether oxygens (including phenoxy) is 2. The van der Waals surface area contributed by atoms with E-state index in [0.717, 1.165) is 0 Å². The fourth-order valence-electron chi connectivity index (χ4n) is 3.18. The molecule has 1 N–H and O–H groups in total. The van der Waals surface area contributed by atoms with Crippen molar-refractivity contribution < 1.29 is 28.7 Å². The number of carbonyl (C=O) groups is 4. The molecule has 1 aliphatic rings. The Balaban J connectivity index is 1.60. The van der Waals surface area contributed by atoms with E-state index in [4.69, 9.17) is 9.47 Å². The van der Waals surface area contributed by atoms with Crippen molar-refractivity contribution in [3.63, 3.8) is 0 Å². The highest BCUT2D eigenvalue weighted by molar-refractivity contribution is 6.22. The zero-order chi connectivity index (χ0) is 22.5. The van der Waals surface area contributed by atoms with E-state index in [2.05, 4.69) is 5.32 Å². The lowest BCUT2D eigenvalue weighted by atomic mass is 10.1. The lowest BCUT2D eigenvalue weighted by molar-refractivity contribution is -0.119. The van der Waals surface area contributed by atoms with Crippen LogP contribution in [0.25, 0.3) is 0 Å². The van der Waals surface area contributed by atoms with E-state index in [1.165, 1.54) is 23.1 Å². The maximum Gasteiger partial charge on any atom is 0.338 e. The van der Waals surface area contributed by atoms with Crippen LogP contribution in [0.1, 0.15) is 58.3 Å². The maximum atomic E-state index is 12.6. The highest BCUT2D eigenvalue weighted by Crippen LogP contribution is 2.27. The van der Waals surface area contributed by atoms with Gasteiger partial charge < -0.3 is 14.8 Å². The van der Waals surface area contributed by atoms with Crippen molar-refractivity contribution in [3.8, 4) is 5.75 Å². The van der Waals surface area contributed by atoms with Gasteiger partial charge in [-0.15, -0.1) is 0 Å². The standard InChI is InChI=1S/C23H24N2O6/c1-4-14(3)25-21(27)18-11-6-15(12-19(18)22(25)28)23(29)31-13-20(26)24-16-7-9-17(10-8-16)30-5-2/h6-12,14H,4-5,13H2,1-3H3,(H,24,26). The van der Waals surface area contributed by atoms with Crippen molar-refractivity contribution in [1.82, 2.24) is 4.90 Å². The summed E-state index contributed by atoms with van der Waals surface area (Å²) in [6.07, 6.45) is 0.629. The van der Waals surface area contributed by atoms with E-state index in [1.54, 1.807) is 31.2 Å². The second-order valence-corrected chi connectivity index (χ2v) is 7.08. The van der Waals surface area contributed by atoms with Gasteiger partial charge in [-0.25, -0.2) is 4.79 Å². The quantitative estimate of drug-likeness (QED) is 0.515. The topological polar surface area (TPSA) is 102 Å². The Morgan fingerprint density at radius 1 is 1.00 bits per heavy atom. The van der Waals surface area contributed by atoms with Crippen LogP contribution in [0.15, 0.2) is 42.5 Å². The number of fused-ring (bicyclic) bond motifs is 1. The molecule has 1 atom stereocenters. The van der Waals surface area contributed by atoms with Crippen molar-refractivity contribution in [3.05, 3.63) is 59.2 Å². The van der Waals surface area contributed by atoms with Gasteiger partial charge in [0.1, 0.15) is 5.75 Å². The van der Waals surface area contributed by atoms with Gasteiger partial charge in [-0.1, -0.05) is 6.92 Å². The summed E-state index contributed by atoms with van der Waals surface area (Å²) in [6.45, 7) is 5.60. The number of hydrogen-bond acceptors (Lipinski definition) is 6. The van der Waals surface area contributed by atoms with E-state index in [9.17, 15) is 19.2 Å². The Morgan fingerprint density at radius 3 is 2.32 bits per heavy atom. The molecule has 3 amide bonds. The molecule has 8 nitrogen and oxygen atoms in total. The Kier molecular flexibility index (Phi) is 6.69. The van der Waals surface area contributed by atoms with Crippen LogP contribution in [-0.4, -0.2) is 47.8 Å². The first-order chi connectivity index (χ1) is 14.8. The normalized spacial score (nSPS) is 13.6. The molecule has 0 saturated carbocycles. The van der Waals surface area contributed by atoms with E-state index in [0.29, 0.717) is 24.5 Å². The molecule has 0 saturated heterocycles. The largest absolute Gasteiger partial charge is 0.494 e. The third kappa shape index (κ3) is 4.74. The number of amides is 3. The Morgan fingerprint density at radius 2 is 1.68 bits per heavy atom. The van der Waals surface area contributed by atoms with E-state index in [1.807, 2.05) is 13.8 Å². The van der Waals surface area contributed by atoms with Crippen molar-refractivity contribution in [2.45, 2.75) is 33.2 Å². The van der Waals surface area contributed by atoms with Crippen LogP contribution in [0.2, 0.25) is 0 Å². The zero-order valence-electron chi connectivity index (χ0n) is 17.6. The van der Waals surface area contributed by atoms with Crippen LogP contribution in [0, 0.1) is 0 Å². The van der Waals surface area contributed by atoms with Crippen LogP contribution in [0.3, 0.4) is 0 Å². The Labute approximate surface area is 180 Å². The molecule has 2 aromatic rings. The Bertz CT molecular complexity index is 1020. The molecular weight excluding hydrogens is 400 g/mol. The van der Waals surface area contributed by atoms with Gasteiger partial charge in [-0.3, -0.25) is 19.3 Å². The van der Waals surface area contributed by atoms with Crippen molar-refractivity contribution in [2.75, 3.05) is 18.5 Å². The fourth-order valence-corrected chi connectivity index (χ4v) is 3.18. The SMILES string of the molecule is CCOc1ccc(NC(=O)COC(=O)c2ccc3c(c2)C(=O)N(C(C)CC)C3=O)cc1. The molecule has 0 aromatic heterocycles. The third-order valence-electron chi connectivity index (χ3n) is 4.97. The molecule has 0 radical (unpaired) electrons. The summed E-state index contributed by atoms with van der Waals surface area (Å²) in [5.41, 5.74) is 1.06. The summed E-state index contributed by atoms with van der Waals surface area (Å²) < 4.78 is 10.4. The van der Waals surface area contributed by atoms with Crippen molar-refractivity contribution >= 4 is 29.4 Å². The monoisotopic (exact) mass is 424 g/mol. The van der Waals surface area contributed by atoms with Gasteiger partial charge in [0.2, 0.25) is 0 Å². The molecule has 2 aromatic carbocycles. The number of rotatable bonds is 8. The van der Waals surface area contributed by atoms with Crippen LogP contribution in [0.5, 0.6) is 5.75 Å². The third-order valence-corrected chi connectivity index (χ3v) is 4.97. The molecule has 8 heteroatoms. The molecule has 0 spiro atoms. The molecule has 31 heavy (non-hydrogen) atoms. The van der Waals surface area contributed by atoms with Gasteiger partial charge in [0.15, 0.2) is 6.61 Å². The smallest absolute Gasteiger partial charge is 0.338 e. The summed E-state index contributed by atoms with van der Waals surface area (Å²) in [5, 5.41) is 2.62. The molecule has 162 valence electrons. The van der Waals surface area contributed by atoms with Crippen LogP contribution < -0.4 is 10.1 Å². The summed E-state index contributed by atoms with van der Waals surface area (Å²) in [4.78, 5) is 50.7. The minimum absolute atomic E-state index is 0.0970. The number of carbonyl (C=O) groups excluding carboxylic acids is 4. The molecule has 0 bridgehead atoms. The van der Waals surface area contributed by atoms with E-state index < -0.39 is 24.4 Å². The number of nitrogens with one attached hydrogen (secondary N) is 1. The molecule has 1 heterocycles. The van der Waals surface area contributed by atoms with Crippen LogP contribution in [-0.2, 0) is 9.53 Å². The van der Waals surface area contributed by atoms with Gasteiger partial charge >= 0.3 is 5.97 Å². The molecule has 1 unspecified atom stereocenters. The predicted molar refractivity (Wildman–Crippen MR) is 113 cm³/mol. The lowest BCUT2D eigenvalue weighted by Crippen LogP contribution is -2.37. The van der Waals surface area contributed by atoms with E-state index in [-0.39, 0.29) is 28.6 Å². The molecule has 0 fully saturated rings. The van der Waals surface area contributed by atoms with Gasteiger partial charge in [-0.2, -0.15) is 0 Å². The second kappa shape index (κ2) is 9.42. The zero-order valence-corrected chi connectivity index (χ0v) is 17.6. The lowest BCUT2D eigenvalue weighted by Gasteiger charge is -2.20. The summed E-state index contributed by atoms with van der Waals surface area (Å²) in [5.74, 6) is -1.38. The minimum Gasteiger partial charge on any atom is -0.494 e. The van der Waals surface area contributed by atoms with Crippen molar-refractivity contribution in [1.29, 1.82) is 0 Å². The van der Waals surface area contributed by atoms with Gasteiger partial charge in [-0.05, 0) is 62.7 Å². The molecule has 3 rings (SSSR count). The summed E-state index contributed by atoms with van der Waals surface area (Å²) in [6, 6.07) is 10.7. The first-order valence-corrected chi connectivity index (χ1v) is 10.1. The summed E-state index contributed by atoms with van der Waals surface area (Å²) in [7, 11) is 0. The average molecular weight is 424 g/mol. The predicted octanol–water partition coefficient (Wildman–Crippen LogP) is 3.28. The Hall–Kier alpha value is -3.68. The number of imide groups is 1. The first-order valence-electron chi connectivity index (χ1n) is 10.1. The highest BCUT2D eigenvalue weighted by atomic mass is 16.5. The fraction of sp³-hybridized carbons (Fsp3) is 0.304. The molecular formula is C23H24N2O6. The van der Waals surface area contributed by atoms with Crippen LogP contribution >= 0.6 is 0 Å². The summed E-state index contributed by atoms with van der Waals surface area (Å²) >= 11 is 0. The van der Waals surface area contributed by atoms with Gasteiger partial charge in [0.05, 0.1) is 23.3 Å². The van der Waals surface area contributed by atoms with Gasteiger partial charge in [0, 0.05) is 11.7 Å². The number of esters is 1. The van der Waals surface area contributed by atoms with Crippen LogP contribution in [0.4, 0.5) is 5.69 Å². The van der Waals surface area contributed by atoms with E-state index >= 15 is 0 Å². The average Bonchev–Trinajstić information content (AvgIpc) is 3.02. The molecule has 0 aliphatic carbocycles. The van der Waals surface area contributed by atoms with Crippen molar-refractivity contribution in [2.24, 2.45) is 0 Å². The number of hydrogen-bond donors (Lipinski definition) is 1. The van der Waals surface area contributed by atoms with Gasteiger partial charge in [0.25, 0.3) is 17.7 Å². The minimum atomic E-state index is -0.758. The number of benzene rings is 2. The second-order valence-electron chi connectivity index (χ2n) is 7.08.